The van der Waals surface area contributed by atoms with Gasteiger partial charge in [0, 0.05) is 73.1 Å². The normalized spacial score (nSPS) is 20.1. The molecule has 49 heavy (non-hydrogen) atoms. The Morgan fingerprint density at radius 1 is 1.08 bits per heavy atom. The Bertz CT molecular complexity index is 1910. The summed E-state index contributed by atoms with van der Waals surface area (Å²) in [5.41, 5.74) is 5.13. The summed E-state index contributed by atoms with van der Waals surface area (Å²) in [7, 11) is 0. The number of piperidine rings is 1. The molecule has 2 fully saturated rings. The first kappa shape index (κ1) is 31.5. The third-order valence-corrected chi connectivity index (χ3v) is 9.01. The molecule has 15 nitrogen and oxygen atoms in total. The second-order valence-corrected chi connectivity index (χ2v) is 12.1. The molecule has 2 unspecified atom stereocenters. The molecular weight excluding hydrogens is 626 g/mol. The van der Waals surface area contributed by atoms with Crippen LogP contribution in [0.4, 0.5) is 28.8 Å². The van der Waals surface area contributed by atoms with Gasteiger partial charge in [0.1, 0.15) is 11.9 Å². The van der Waals surface area contributed by atoms with Gasteiger partial charge in [0.15, 0.2) is 0 Å². The van der Waals surface area contributed by atoms with E-state index in [4.69, 9.17) is 10.4 Å². The van der Waals surface area contributed by atoms with Crippen molar-refractivity contribution in [2.75, 3.05) is 42.1 Å². The standard InChI is InChI=1S/C34H35N11O4/c35-14-20(27-16-38-25-5-1-2-6-26(25)40-27)15-37-21-11-13-44(18-21)31(47)17-39-34-36-12-10-29(42-34)41-24-7-3-4-22-23(24)19-45(33(22)49)28-8-9-30(46)43-32(28)48/h1-7,10,12,14-15,21,28,35,37-38H,8-9,11,13,16-19H2,(H,43,46,48)(H2,36,39,41,42)/b20-15+,35-14?. The largest absolute Gasteiger partial charge is 0.386 e. The van der Waals surface area contributed by atoms with E-state index in [2.05, 4.69) is 36.6 Å². The number of rotatable bonds is 10. The van der Waals surface area contributed by atoms with Gasteiger partial charge in [-0.15, -0.1) is 0 Å². The van der Waals surface area contributed by atoms with Gasteiger partial charge in [0.05, 0.1) is 30.2 Å². The molecule has 0 bridgehead atoms. The molecule has 250 valence electrons. The number of carbonyl (C=O) groups is 4. The zero-order chi connectivity index (χ0) is 33.9. The van der Waals surface area contributed by atoms with Crippen molar-refractivity contribution in [3.63, 3.8) is 0 Å². The summed E-state index contributed by atoms with van der Waals surface area (Å²) in [4.78, 5) is 67.0. The smallest absolute Gasteiger partial charge is 0.255 e. The van der Waals surface area contributed by atoms with Gasteiger partial charge in [-0.1, -0.05) is 18.2 Å². The molecule has 0 radical (unpaired) electrons. The van der Waals surface area contributed by atoms with Crippen molar-refractivity contribution in [2.45, 2.75) is 37.9 Å². The maximum absolute atomic E-state index is 13.2. The number of carbonyl (C=O) groups excluding carboxylic acids is 4. The monoisotopic (exact) mass is 661 g/mol. The van der Waals surface area contributed by atoms with Gasteiger partial charge in [-0.25, -0.2) is 9.98 Å². The number of benzene rings is 2. The average molecular weight is 662 g/mol. The van der Waals surface area contributed by atoms with E-state index in [0.717, 1.165) is 29.1 Å². The van der Waals surface area contributed by atoms with Crippen LogP contribution in [0.2, 0.25) is 0 Å². The maximum Gasteiger partial charge on any atom is 0.255 e. The second kappa shape index (κ2) is 13.5. The van der Waals surface area contributed by atoms with E-state index in [1.165, 1.54) is 11.1 Å². The molecule has 5 heterocycles. The number of anilines is 4. The third kappa shape index (κ3) is 6.68. The highest BCUT2D eigenvalue weighted by molar-refractivity contribution is 6.19. The van der Waals surface area contributed by atoms with Crippen LogP contribution in [0.15, 0.2) is 71.5 Å². The van der Waals surface area contributed by atoms with E-state index in [-0.39, 0.29) is 55.6 Å². The van der Waals surface area contributed by atoms with Gasteiger partial charge in [-0.05, 0) is 43.2 Å². The minimum Gasteiger partial charge on any atom is -0.386 e. The van der Waals surface area contributed by atoms with E-state index in [9.17, 15) is 19.2 Å². The minimum atomic E-state index is -0.706. The van der Waals surface area contributed by atoms with E-state index >= 15 is 0 Å². The Morgan fingerprint density at radius 3 is 2.82 bits per heavy atom. The summed E-state index contributed by atoms with van der Waals surface area (Å²) in [6.45, 7) is 1.87. The number of nitrogens with one attached hydrogen (secondary N) is 6. The van der Waals surface area contributed by atoms with Crippen molar-refractivity contribution in [1.29, 1.82) is 5.41 Å². The van der Waals surface area contributed by atoms with Crippen LogP contribution in [0.1, 0.15) is 35.2 Å². The van der Waals surface area contributed by atoms with Crippen molar-refractivity contribution in [2.24, 2.45) is 4.99 Å². The lowest BCUT2D eigenvalue weighted by atomic mass is 10.0. The number of nitrogens with zero attached hydrogens (tertiary/aromatic N) is 5. The number of fused-ring (bicyclic) bond motifs is 2. The first-order valence-corrected chi connectivity index (χ1v) is 16.1. The molecule has 3 aromatic rings. The highest BCUT2D eigenvalue weighted by atomic mass is 16.2. The molecule has 4 amide bonds. The van der Waals surface area contributed by atoms with Gasteiger partial charge >= 0.3 is 0 Å². The summed E-state index contributed by atoms with van der Waals surface area (Å²) in [5, 5.41) is 23.2. The molecule has 15 heteroatoms. The van der Waals surface area contributed by atoms with Gasteiger partial charge < -0.3 is 36.5 Å². The predicted octanol–water partition coefficient (Wildman–Crippen LogP) is 2.32. The Balaban J connectivity index is 0.928. The number of imide groups is 1. The van der Waals surface area contributed by atoms with Crippen LogP contribution in [-0.2, 0) is 20.9 Å². The van der Waals surface area contributed by atoms with Crippen LogP contribution >= 0.6 is 0 Å². The van der Waals surface area contributed by atoms with E-state index in [0.29, 0.717) is 42.3 Å². The van der Waals surface area contributed by atoms with Gasteiger partial charge in [0.2, 0.25) is 23.7 Å². The summed E-state index contributed by atoms with van der Waals surface area (Å²) in [6.07, 6.45) is 5.89. The average Bonchev–Trinajstić information content (AvgIpc) is 3.73. The molecule has 2 aromatic carbocycles. The summed E-state index contributed by atoms with van der Waals surface area (Å²) in [5.74, 6) is -0.412. The molecule has 6 N–H and O–H groups in total. The molecule has 1 aromatic heterocycles. The third-order valence-electron chi connectivity index (χ3n) is 9.01. The molecule has 0 saturated carbocycles. The minimum absolute atomic E-state index is 0.00972. The first-order valence-electron chi connectivity index (χ1n) is 16.1. The van der Waals surface area contributed by atoms with Crippen LogP contribution in [0.25, 0.3) is 0 Å². The predicted molar refractivity (Wildman–Crippen MR) is 183 cm³/mol. The zero-order valence-electron chi connectivity index (χ0n) is 26.5. The maximum atomic E-state index is 13.2. The fourth-order valence-electron chi connectivity index (χ4n) is 6.41. The highest BCUT2D eigenvalue weighted by Gasteiger charge is 2.40. The fraction of sp³-hybridized carbons (Fsp3) is 0.294. The zero-order valence-corrected chi connectivity index (χ0v) is 26.5. The molecule has 0 aliphatic carbocycles. The van der Waals surface area contributed by atoms with Crippen molar-refractivity contribution in [1.82, 2.24) is 30.4 Å². The van der Waals surface area contributed by atoms with Crippen LogP contribution in [0.3, 0.4) is 0 Å². The molecule has 2 saturated heterocycles. The lowest BCUT2D eigenvalue weighted by Crippen LogP contribution is -2.52. The second-order valence-electron chi connectivity index (χ2n) is 12.1. The topological polar surface area (TPSA) is 197 Å². The van der Waals surface area contributed by atoms with Crippen LogP contribution in [0, 0.1) is 5.41 Å². The molecular formula is C34H35N11O4. The SMILES string of the molecule is N=C/C(=C\NC1CCN(C(=O)CNc2nccc(Nc3cccc4c3CN(C3CCC(=O)NC3=O)C4=O)n2)C1)C1=Nc2ccccc2NC1. The van der Waals surface area contributed by atoms with Crippen LogP contribution in [0.5, 0.6) is 0 Å². The molecule has 7 rings (SSSR count). The number of aromatic nitrogens is 2. The number of aliphatic imine (C=N–C) groups is 1. The quantitative estimate of drug-likeness (QED) is 0.139. The fourth-order valence-corrected chi connectivity index (χ4v) is 6.41. The Kier molecular flexibility index (Phi) is 8.70. The first-order chi connectivity index (χ1) is 23.9. The van der Waals surface area contributed by atoms with Crippen molar-refractivity contribution >= 4 is 64.4 Å². The summed E-state index contributed by atoms with van der Waals surface area (Å²) >= 11 is 0. The van der Waals surface area contributed by atoms with Crippen LogP contribution in [-0.4, -0.2) is 93.6 Å². The Labute approximate surface area is 281 Å². The molecule has 0 spiro atoms. The number of hydrogen-bond acceptors (Lipinski definition) is 12. The Hall–Kier alpha value is -6.12. The summed E-state index contributed by atoms with van der Waals surface area (Å²) < 4.78 is 0. The van der Waals surface area contributed by atoms with Gasteiger partial charge in [-0.2, -0.15) is 4.98 Å². The van der Waals surface area contributed by atoms with Gasteiger partial charge in [0.25, 0.3) is 5.91 Å². The Morgan fingerprint density at radius 2 is 1.96 bits per heavy atom. The summed E-state index contributed by atoms with van der Waals surface area (Å²) in [6, 6.07) is 14.1. The number of likely N-dealkylation sites (tertiary alicyclic amines) is 1. The molecule has 2 atom stereocenters. The van der Waals surface area contributed by atoms with Crippen molar-refractivity contribution in [3.8, 4) is 0 Å². The number of para-hydroxylation sites is 2. The van der Waals surface area contributed by atoms with Crippen molar-refractivity contribution in [3.05, 3.63) is 77.6 Å². The van der Waals surface area contributed by atoms with E-state index in [1.807, 2.05) is 30.3 Å². The van der Waals surface area contributed by atoms with Gasteiger partial charge in [-0.3, -0.25) is 24.5 Å². The highest BCUT2D eigenvalue weighted by Crippen LogP contribution is 2.33. The molecule has 4 aliphatic rings. The number of amides is 4. The lowest BCUT2D eigenvalue weighted by molar-refractivity contribution is -0.137. The van der Waals surface area contributed by atoms with E-state index in [1.54, 1.807) is 35.5 Å². The van der Waals surface area contributed by atoms with E-state index < -0.39 is 11.9 Å². The number of hydrogen-bond donors (Lipinski definition) is 6. The van der Waals surface area contributed by atoms with Crippen LogP contribution < -0.4 is 26.6 Å². The molecule has 4 aliphatic heterocycles. The van der Waals surface area contributed by atoms with Crippen molar-refractivity contribution < 1.29 is 19.2 Å². The lowest BCUT2D eigenvalue weighted by Gasteiger charge is -2.29.